The molecule has 4 rings (SSSR count). The summed E-state index contributed by atoms with van der Waals surface area (Å²) in [5.74, 6) is -0.0721. The van der Waals surface area contributed by atoms with Crippen molar-refractivity contribution >= 4 is 21.6 Å². The molecule has 142 valence electrons. The molecule has 1 aliphatic heterocycles. The fourth-order valence-corrected chi connectivity index (χ4v) is 4.42. The van der Waals surface area contributed by atoms with Gasteiger partial charge in [-0.05, 0) is 47.9 Å². The van der Waals surface area contributed by atoms with Crippen molar-refractivity contribution in [2.75, 3.05) is 11.4 Å². The van der Waals surface area contributed by atoms with E-state index in [1.165, 1.54) is 0 Å². The summed E-state index contributed by atoms with van der Waals surface area (Å²) in [6, 6.07) is 23.4. The number of sulfonamides is 1. The van der Waals surface area contributed by atoms with Crippen LogP contribution in [0, 0.1) is 0 Å². The summed E-state index contributed by atoms with van der Waals surface area (Å²) in [5.41, 5.74) is 3.16. The van der Waals surface area contributed by atoms with Gasteiger partial charge in [0, 0.05) is 24.3 Å². The molecule has 0 aromatic heterocycles. The molecular formula is C22H20N2O3S. The van der Waals surface area contributed by atoms with Gasteiger partial charge in [-0.3, -0.25) is 4.79 Å². The first kappa shape index (κ1) is 18.4. The Labute approximate surface area is 164 Å². The third-order valence-corrected chi connectivity index (χ3v) is 6.23. The molecule has 1 N–H and O–H groups in total. The molecule has 0 fully saturated rings. The number of anilines is 1. The highest BCUT2D eigenvalue weighted by Gasteiger charge is 2.27. The van der Waals surface area contributed by atoms with Gasteiger partial charge in [0.25, 0.3) is 5.91 Å². The van der Waals surface area contributed by atoms with Crippen LogP contribution in [0.3, 0.4) is 0 Å². The molecule has 3 aromatic rings. The highest BCUT2D eigenvalue weighted by Crippen LogP contribution is 2.31. The van der Waals surface area contributed by atoms with E-state index in [1.54, 1.807) is 35.2 Å². The minimum atomic E-state index is -3.62. The van der Waals surface area contributed by atoms with Crippen LogP contribution in [-0.2, 0) is 23.0 Å². The minimum absolute atomic E-state index is 0.0721. The number of nitrogens with zero attached hydrogens (tertiary/aromatic N) is 1. The van der Waals surface area contributed by atoms with Crippen molar-refractivity contribution < 1.29 is 13.2 Å². The molecule has 5 nitrogen and oxygen atoms in total. The van der Waals surface area contributed by atoms with Crippen molar-refractivity contribution in [3.8, 4) is 0 Å². The summed E-state index contributed by atoms with van der Waals surface area (Å²) in [4.78, 5) is 14.7. The molecule has 0 bridgehead atoms. The SMILES string of the molecule is O=C(c1ccccc1)N1CCc2cc(S(=O)(=O)NCc3ccccc3)ccc21. The fourth-order valence-electron chi connectivity index (χ4n) is 3.35. The Kier molecular flexibility index (Phi) is 4.98. The van der Waals surface area contributed by atoms with E-state index >= 15 is 0 Å². The highest BCUT2D eigenvalue weighted by atomic mass is 32.2. The summed E-state index contributed by atoms with van der Waals surface area (Å²) < 4.78 is 27.9. The normalized spacial score (nSPS) is 13.4. The van der Waals surface area contributed by atoms with Crippen LogP contribution in [0.15, 0.2) is 83.8 Å². The molecule has 0 saturated heterocycles. The molecule has 0 atom stereocenters. The van der Waals surface area contributed by atoms with Gasteiger partial charge < -0.3 is 4.90 Å². The highest BCUT2D eigenvalue weighted by molar-refractivity contribution is 7.89. The molecule has 1 heterocycles. The van der Waals surface area contributed by atoms with Gasteiger partial charge in [0.1, 0.15) is 0 Å². The first-order valence-electron chi connectivity index (χ1n) is 9.08. The average molecular weight is 392 g/mol. The van der Waals surface area contributed by atoms with E-state index in [1.807, 2.05) is 48.5 Å². The lowest BCUT2D eigenvalue weighted by Crippen LogP contribution is -2.28. The quantitative estimate of drug-likeness (QED) is 0.724. The number of benzene rings is 3. The van der Waals surface area contributed by atoms with Crippen molar-refractivity contribution in [1.29, 1.82) is 0 Å². The van der Waals surface area contributed by atoms with Crippen LogP contribution in [0.5, 0.6) is 0 Å². The average Bonchev–Trinajstić information content (AvgIpc) is 3.16. The number of carbonyl (C=O) groups is 1. The summed E-state index contributed by atoms with van der Waals surface area (Å²) in [6.07, 6.45) is 0.635. The van der Waals surface area contributed by atoms with Crippen LogP contribution >= 0.6 is 0 Å². The first-order chi connectivity index (χ1) is 13.5. The summed E-state index contributed by atoms with van der Waals surface area (Å²) in [6.45, 7) is 0.781. The molecule has 0 saturated carbocycles. The number of hydrogen-bond donors (Lipinski definition) is 1. The second kappa shape index (κ2) is 7.58. The minimum Gasteiger partial charge on any atom is -0.308 e. The molecule has 0 radical (unpaired) electrons. The van der Waals surface area contributed by atoms with E-state index in [0.717, 1.165) is 16.8 Å². The van der Waals surface area contributed by atoms with E-state index in [0.29, 0.717) is 18.5 Å². The Bertz CT molecular complexity index is 1100. The second-order valence-corrected chi connectivity index (χ2v) is 8.44. The van der Waals surface area contributed by atoms with Gasteiger partial charge in [0.15, 0.2) is 0 Å². The molecule has 6 heteroatoms. The molecule has 1 amide bonds. The number of amides is 1. The third-order valence-electron chi connectivity index (χ3n) is 4.83. The molecule has 28 heavy (non-hydrogen) atoms. The van der Waals surface area contributed by atoms with E-state index in [9.17, 15) is 13.2 Å². The molecule has 0 aliphatic carbocycles. The van der Waals surface area contributed by atoms with Crippen LogP contribution in [0.2, 0.25) is 0 Å². The Hall–Kier alpha value is -2.96. The zero-order chi connectivity index (χ0) is 19.6. The van der Waals surface area contributed by atoms with E-state index in [4.69, 9.17) is 0 Å². The maximum Gasteiger partial charge on any atom is 0.258 e. The van der Waals surface area contributed by atoms with Crippen molar-refractivity contribution in [3.05, 3.63) is 95.6 Å². The summed E-state index contributed by atoms with van der Waals surface area (Å²) in [5, 5.41) is 0. The standard InChI is InChI=1S/C22H20N2O3S/c25-22(18-9-5-2-6-10-18)24-14-13-19-15-20(11-12-21(19)24)28(26,27)23-16-17-7-3-1-4-8-17/h1-12,15,23H,13-14,16H2. The zero-order valence-electron chi connectivity index (χ0n) is 15.2. The Morgan fingerprint density at radius 2 is 1.61 bits per heavy atom. The Morgan fingerprint density at radius 3 is 2.32 bits per heavy atom. The van der Waals surface area contributed by atoms with Gasteiger partial charge in [-0.25, -0.2) is 13.1 Å². The number of carbonyl (C=O) groups excluding carboxylic acids is 1. The van der Waals surface area contributed by atoms with Crippen molar-refractivity contribution in [2.45, 2.75) is 17.9 Å². The fraction of sp³-hybridized carbons (Fsp3) is 0.136. The van der Waals surface area contributed by atoms with Gasteiger partial charge in [-0.1, -0.05) is 48.5 Å². The summed E-state index contributed by atoms with van der Waals surface area (Å²) >= 11 is 0. The van der Waals surface area contributed by atoms with Gasteiger partial charge in [-0.15, -0.1) is 0 Å². The van der Waals surface area contributed by atoms with Crippen LogP contribution < -0.4 is 9.62 Å². The van der Waals surface area contributed by atoms with Gasteiger partial charge >= 0.3 is 0 Å². The number of rotatable bonds is 5. The van der Waals surface area contributed by atoms with Crippen LogP contribution in [0.25, 0.3) is 0 Å². The van der Waals surface area contributed by atoms with Crippen molar-refractivity contribution in [2.24, 2.45) is 0 Å². The summed E-state index contributed by atoms with van der Waals surface area (Å²) in [7, 11) is -3.62. The maximum absolute atomic E-state index is 12.7. The number of nitrogens with one attached hydrogen (secondary N) is 1. The van der Waals surface area contributed by atoms with E-state index in [-0.39, 0.29) is 17.3 Å². The van der Waals surface area contributed by atoms with E-state index < -0.39 is 10.0 Å². The van der Waals surface area contributed by atoms with Crippen LogP contribution in [0.4, 0.5) is 5.69 Å². The van der Waals surface area contributed by atoms with Crippen LogP contribution in [-0.4, -0.2) is 20.9 Å². The lowest BCUT2D eigenvalue weighted by atomic mass is 10.1. The molecule has 1 aliphatic rings. The van der Waals surface area contributed by atoms with E-state index in [2.05, 4.69) is 4.72 Å². The monoisotopic (exact) mass is 392 g/mol. The molecule has 3 aromatic carbocycles. The van der Waals surface area contributed by atoms with Crippen molar-refractivity contribution in [3.63, 3.8) is 0 Å². The van der Waals surface area contributed by atoms with Gasteiger partial charge in [0.2, 0.25) is 10.0 Å². The molecule has 0 unspecified atom stereocenters. The molecular weight excluding hydrogens is 372 g/mol. The predicted octanol–water partition coefficient (Wildman–Crippen LogP) is 3.37. The second-order valence-electron chi connectivity index (χ2n) is 6.67. The largest absolute Gasteiger partial charge is 0.308 e. The third kappa shape index (κ3) is 3.69. The number of hydrogen-bond acceptors (Lipinski definition) is 3. The first-order valence-corrected chi connectivity index (χ1v) is 10.6. The topological polar surface area (TPSA) is 66.5 Å². The lowest BCUT2D eigenvalue weighted by molar-refractivity contribution is 0.0989. The smallest absolute Gasteiger partial charge is 0.258 e. The number of fused-ring (bicyclic) bond motifs is 1. The Balaban J connectivity index is 1.54. The maximum atomic E-state index is 12.7. The predicted molar refractivity (Wildman–Crippen MR) is 109 cm³/mol. The lowest BCUT2D eigenvalue weighted by Gasteiger charge is -2.17. The van der Waals surface area contributed by atoms with Crippen LogP contribution in [0.1, 0.15) is 21.5 Å². The van der Waals surface area contributed by atoms with Crippen molar-refractivity contribution in [1.82, 2.24) is 4.72 Å². The van der Waals surface area contributed by atoms with Gasteiger partial charge in [0.05, 0.1) is 4.90 Å². The Morgan fingerprint density at radius 1 is 0.929 bits per heavy atom. The zero-order valence-corrected chi connectivity index (χ0v) is 16.0. The van der Waals surface area contributed by atoms with Gasteiger partial charge in [-0.2, -0.15) is 0 Å². The molecule has 0 spiro atoms.